The van der Waals surface area contributed by atoms with Gasteiger partial charge in [0, 0.05) is 6.54 Å². The molecule has 0 bridgehead atoms. The third kappa shape index (κ3) is 5.81. The van der Waals surface area contributed by atoms with Gasteiger partial charge in [0.25, 0.3) is 5.91 Å². The van der Waals surface area contributed by atoms with E-state index < -0.39 is 0 Å². The van der Waals surface area contributed by atoms with E-state index in [-0.39, 0.29) is 12.7 Å². The molecule has 0 radical (unpaired) electrons. The van der Waals surface area contributed by atoms with E-state index in [1.165, 1.54) is 17.3 Å². The Bertz CT molecular complexity index is 1380. The summed E-state index contributed by atoms with van der Waals surface area (Å²) in [5, 5.41) is 0.695. The Labute approximate surface area is 227 Å². The molecule has 0 atom stereocenters. The van der Waals surface area contributed by atoms with E-state index >= 15 is 0 Å². The van der Waals surface area contributed by atoms with E-state index in [0.29, 0.717) is 41.3 Å². The number of hydrogen-bond acceptors (Lipinski definition) is 7. The third-order valence-electron chi connectivity index (χ3n) is 5.99. The van der Waals surface area contributed by atoms with Crippen LogP contribution in [-0.4, -0.2) is 35.9 Å². The Morgan fingerprint density at radius 1 is 0.974 bits per heavy atom. The lowest BCUT2D eigenvalue weighted by Crippen LogP contribution is -2.29. The molecule has 7 nitrogen and oxygen atoms in total. The highest BCUT2D eigenvalue weighted by atomic mass is 32.2. The van der Waals surface area contributed by atoms with Crippen molar-refractivity contribution in [3.05, 3.63) is 82.3 Å². The van der Waals surface area contributed by atoms with Crippen LogP contribution >= 0.6 is 11.8 Å². The Kier molecular flexibility index (Phi) is 7.89. The zero-order valence-electron chi connectivity index (χ0n) is 21.7. The SMILES string of the molecule is CCCN1C(=O)/C(=C\c2ccc(OCc3ccc4c(c3)OCO4)c(OCC)c2)SC1=Nc1ccc(C)cc1. The number of carbonyl (C=O) groups excluding carboxylic acids is 1. The van der Waals surface area contributed by atoms with E-state index in [2.05, 4.69) is 6.92 Å². The van der Waals surface area contributed by atoms with Gasteiger partial charge in [-0.15, -0.1) is 0 Å². The number of aryl methyl sites for hydroxylation is 1. The summed E-state index contributed by atoms with van der Waals surface area (Å²) in [4.78, 5) is 20.4. The zero-order valence-corrected chi connectivity index (χ0v) is 22.5. The van der Waals surface area contributed by atoms with Crippen LogP contribution in [0, 0.1) is 6.92 Å². The second-order valence-corrected chi connectivity index (χ2v) is 9.92. The van der Waals surface area contributed by atoms with Crippen molar-refractivity contribution in [1.82, 2.24) is 4.90 Å². The molecule has 38 heavy (non-hydrogen) atoms. The van der Waals surface area contributed by atoms with Gasteiger partial charge in [-0.05, 0) is 85.6 Å². The molecule has 5 rings (SSSR count). The van der Waals surface area contributed by atoms with Gasteiger partial charge < -0.3 is 18.9 Å². The van der Waals surface area contributed by atoms with Crippen molar-refractivity contribution in [3.8, 4) is 23.0 Å². The minimum atomic E-state index is -0.0381. The second-order valence-electron chi connectivity index (χ2n) is 8.91. The summed E-state index contributed by atoms with van der Waals surface area (Å²) < 4.78 is 22.8. The van der Waals surface area contributed by atoms with Gasteiger partial charge >= 0.3 is 0 Å². The monoisotopic (exact) mass is 530 g/mol. The molecule has 0 spiro atoms. The summed E-state index contributed by atoms with van der Waals surface area (Å²) in [6.45, 7) is 7.73. The lowest BCUT2D eigenvalue weighted by molar-refractivity contribution is -0.122. The molecule has 0 aromatic heterocycles. The predicted molar refractivity (Wildman–Crippen MR) is 150 cm³/mol. The van der Waals surface area contributed by atoms with Gasteiger partial charge in [-0.1, -0.05) is 36.8 Å². The Morgan fingerprint density at radius 3 is 2.58 bits per heavy atom. The first-order valence-electron chi connectivity index (χ1n) is 12.7. The van der Waals surface area contributed by atoms with Crippen molar-refractivity contribution < 1.29 is 23.7 Å². The minimum Gasteiger partial charge on any atom is -0.490 e. The molecule has 0 N–H and O–H groups in total. The van der Waals surface area contributed by atoms with Crippen LogP contribution in [0.2, 0.25) is 0 Å². The van der Waals surface area contributed by atoms with Gasteiger partial charge in [0.2, 0.25) is 6.79 Å². The first-order valence-corrected chi connectivity index (χ1v) is 13.5. The van der Waals surface area contributed by atoms with Crippen LogP contribution in [0.5, 0.6) is 23.0 Å². The molecule has 0 unspecified atom stereocenters. The van der Waals surface area contributed by atoms with Gasteiger partial charge in [0.1, 0.15) is 6.61 Å². The van der Waals surface area contributed by atoms with Crippen molar-refractivity contribution >= 4 is 34.6 Å². The van der Waals surface area contributed by atoms with E-state index in [4.69, 9.17) is 23.9 Å². The number of nitrogens with zero attached hydrogens (tertiary/aromatic N) is 2. The summed E-state index contributed by atoms with van der Waals surface area (Å²) >= 11 is 1.39. The fraction of sp³-hybridized carbons (Fsp3) is 0.267. The number of benzene rings is 3. The first kappa shape index (κ1) is 25.7. The van der Waals surface area contributed by atoms with Crippen LogP contribution in [-0.2, 0) is 11.4 Å². The highest BCUT2D eigenvalue weighted by Crippen LogP contribution is 2.37. The van der Waals surface area contributed by atoms with Crippen molar-refractivity contribution in [1.29, 1.82) is 0 Å². The van der Waals surface area contributed by atoms with E-state index in [1.807, 2.05) is 80.6 Å². The van der Waals surface area contributed by atoms with Gasteiger partial charge in [-0.2, -0.15) is 0 Å². The number of aliphatic imine (C=N–C) groups is 1. The average molecular weight is 531 g/mol. The van der Waals surface area contributed by atoms with Crippen LogP contribution in [0.25, 0.3) is 6.08 Å². The third-order valence-corrected chi connectivity index (χ3v) is 7.00. The predicted octanol–water partition coefficient (Wildman–Crippen LogP) is 6.72. The molecule has 2 heterocycles. The standard InChI is InChI=1S/C30H30N2O5S/c1-4-14-32-29(33)28(38-30(32)31-23-10-6-20(3)7-11-23)17-21-8-12-24(26(15-21)34-5-2)35-18-22-9-13-25-27(16-22)37-19-36-25/h6-13,15-17H,4-5,14,18-19H2,1-3H3/b28-17+,31-30?. The lowest BCUT2D eigenvalue weighted by Gasteiger charge is -2.14. The molecule has 0 aliphatic carbocycles. The Hall–Kier alpha value is -3.91. The molecule has 0 saturated carbocycles. The molecule has 8 heteroatoms. The van der Waals surface area contributed by atoms with E-state index in [0.717, 1.165) is 34.7 Å². The number of fused-ring (bicyclic) bond motifs is 1. The van der Waals surface area contributed by atoms with Crippen molar-refractivity contribution in [2.75, 3.05) is 19.9 Å². The van der Waals surface area contributed by atoms with Crippen LogP contribution in [0.1, 0.15) is 37.0 Å². The number of amidine groups is 1. The van der Waals surface area contributed by atoms with Crippen molar-refractivity contribution in [3.63, 3.8) is 0 Å². The maximum absolute atomic E-state index is 13.3. The molecule has 1 saturated heterocycles. The minimum absolute atomic E-state index is 0.0381. The molecule has 3 aromatic carbocycles. The van der Waals surface area contributed by atoms with Crippen LogP contribution in [0.15, 0.2) is 70.6 Å². The largest absolute Gasteiger partial charge is 0.490 e. The van der Waals surface area contributed by atoms with E-state index in [1.54, 1.807) is 4.90 Å². The quantitative estimate of drug-likeness (QED) is 0.286. The van der Waals surface area contributed by atoms with Crippen LogP contribution < -0.4 is 18.9 Å². The van der Waals surface area contributed by atoms with Crippen molar-refractivity contribution in [2.45, 2.75) is 33.8 Å². The van der Waals surface area contributed by atoms with Crippen LogP contribution in [0.3, 0.4) is 0 Å². The van der Waals surface area contributed by atoms with Gasteiger partial charge in [-0.25, -0.2) is 4.99 Å². The highest BCUT2D eigenvalue weighted by Gasteiger charge is 2.32. The molecule has 1 amide bonds. The molecule has 1 fully saturated rings. The molecular weight excluding hydrogens is 500 g/mol. The molecule has 2 aliphatic heterocycles. The second kappa shape index (κ2) is 11.6. The van der Waals surface area contributed by atoms with Gasteiger partial charge in [0.05, 0.1) is 17.2 Å². The normalized spacial score (nSPS) is 16.5. The van der Waals surface area contributed by atoms with E-state index in [9.17, 15) is 4.79 Å². The summed E-state index contributed by atoms with van der Waals surface area (Å²) in [5.74, 6) is 2.68. The van der Waals surface area contributed by atoms with Crippen LogP contribution in [0.4, 0.5) is 5.69 Å². The number of amides is 1. The fourth-order valence-electron chi connectivity index (χ4n) is 4.09. The number of hydrogen-bond donors (Lipinski definition) is 0. The maximum atomic E-state index is 13.3. The number of ether oxygens (including phenoxy) is 4. The number of rotatable bonds is 9. The van der Waals surface area contributed by atoms with Gasteiger partial charge in [-0.3, -0.25) is 9.69 Å². The first-order chi connectivity index (χ1) is 18.5. The van der Waals surface area contributed by atoms with Gasteiger partial charge in [0.15, 0.2) is 28.2 Å². The molecule has 2 aliphatic rings. The number of carbonyl (C=O) groups is 1. The Balaban J connectivity index is 1.35. The summed E-state index contributed by atoms with van der Waals surface area (Å²) in [7, 11) is 0. The highest BCUT2D eigenvalue weighted by molar-refractivity contribution is 8.18. The number of thioether (sulfide) groups is 1. The maximum Gasteiger partial charge on any atom is 0.266 e. The fourth-order valence-corrected chi connectivity index (χ4v) is 5.11. The molecule has 196 valence electrons. The summed E-state index contributed by atoms with van der Waals surface area (Å²) in [6.07, 6.45) is 2.73. The molecular formula is C30H30N2O5S. The average Bonchev–Trinajstić information content (AvgIpc) is 3.50. The smallest absolute Gasteiger partial charge is 0.266 e. The zero-order chi connectivity index (χ0) is 26.5. The molecule has 3 aromatic rings. The summed E-state index contributed by atoms with van der Waals surface area (Å²) in [5.41, 5.74) is 3.82. The Morgan fingerprint density at radius 2 is 1.79 bits per heavy atom. The topological polar surface area (TPSA) is 69.6 Å². The lowest BCUT2D eigenvalue weighted by atomic mass is 10.1. The van der Waals surface area contributed by atoms with Crippen molar-refractivity contribution in [2.24, 2.45) is 4.99 Å². The summed E-state index contributed by atoms with van der Waals surface area (Å²) in [6, 6.07) is 19.4.